The summed E-state index contributed by atoms with van der Waals surface area (Å²) in [5.74, 6) is 0. The van der Waals surface area contributed by atoms with E-state index in [0.717, 1.165) is 6.16 Å². The van der Waals surface area contributed by atoms with Gasteiger partial charge in [-0.05, 0) is 0 Å². The first-order valence-electron chi connectivity index (χ1n) is 14.6. The molecular formula is C39H38BrIP2. The third-order valence-electron chi connectivity index (χ3n) is 8.59. The van der Waals surface area contributed by atoms with Crippen LogP contribution in [0.4, 0.5) is 0 Å². The van der Waals surface area contributed by atoms with E-state index in [4.69, 9.17) is 0 Å². The van der Waals surface area contributed by atoms with Gasteiger partial charge in [-0.3, -0.25) is 0 Å². The van der Waals surface area contributed by atoms with Gasteiger partial charge < -0.3 is 0 Å². The zero-order valence-corrected chi connectivity index (χ0v) is 30.2. The van der Waals surface area contributed by atoms with Crippen LogP contribution in [-0.2, 0) is 0 Å². The van der Waals surface area contributed by atoms with Gasteiger partial charge >= 0.3 is 281 Å². The van der Waals surface area contributed by atoms with Gasteiger partial charge in [-0.1, -0.05) is 0 Å². The van der Waals surface area contributed by atoms with Crippen molar-refractivity contribution in [2.24, 2.45) is 0 Å². The van der Waals surface area contributed by atoms with Crippen molar-refractivity contribution >= 4 is 78.9 Å². The summed E-state index contributed by atoms with van der Waals surface area (Å²) < 4.78 is -2.40. The van der Waals surface area contributed by atoms with Gasteiger partial charge in [-0.25, -0.2) is 0 Å². The average molecular weight is 775 g/mol. The second kappa shape index (κ2) is 13.2. The molecule has 0 aliphatic carbocycles. The minimum atomic E-state index is -2.59. The van der Waals surface area contributed by atoms with Crippen molar-refractivity contribution in [3.05, 3.63) is 182 Å². The number of hydrogen-bond acceptors (Lipinski definition) is 0. The Morgan fingerprint density at radius 1 is 0.395 bits per heavy atom. The molecule has 0 nitrogen and oxygen atoms in total. The summed E-state index contributed by atoms with van der Waals surface area (Å²) in [6.45, 7) is 4.73. The van der Waals surface area contributed by atoms with Gasteiger partial charge in [0.2, 0.25) is 0 Å². The van der Waals surface area contributed by atoms with Gasteiger partial charge in [-0.15, -0.1) is 0 Å². The molecule has 0 aliphatic heterocycles. The molecule has 0 spiro atoms. The second-order valence-corrected chi connectivity index (χ2v) is 31.8. The fourth-order valence-electron chi connectivity index (χ4n) is 6.01. The van der Waals surface area contributed by atoms with E-state index in [9.17, 15) is 0 Å². The Labute approximate surface area is 278 Å². The van der Waals surface area contributed by atoms with E-state index in [1.165, 1.54) is 31.8 Å². The summed E-state index contributed by atoms with van der Waals surface area (Å²) in [6.07, 6.45) is 1.05. The molecule has 0 N–H and O–H groups in total. The molecule has 4 heteroatoms. The first-order valence-corrected chi connectivity index (χ1v) is 24.5. The van der Waals surface area contributed by atoms with Crippen LogP contribution in [0.25, 0.3) is 0 Å². The molecule has 43 heavy (non-hydrogen) atoms. The molecule has 0 heterocycles. The summed E-state index contributed by atoms with van der Waals surface area (Å²) in [6, 6.07) is 65.4. The minimum absolute atomic E-state index is 1.05. The molecule has 6 aromatic carbocycles. The number of halogens is 2. The van der Waals surface area contributed by atoms with Crippen LogP contribution in [0, 0.1) is 0 Å². The molecule has 0 atom stereocenters. The van der Waals surface area contributed by atoms with Crippen molar-refractivity contribution in [3.63, 3.8) is 0 Å². The van der Waals surface area contributed by atoms with Gasteiger partial charge in [0.15, 0.2) is 0 Å². The SMILES string of the molecule is CCP(Br)(c1ccccc1)(c1ccccc1)c1ccccc1.CP(I)(c1ccccc1)(c1ccccc1)c1ccccc1. The van der Waals surface area contributed by atoms with Crippen molar-refractivity contribution in [1.82, 2.24) is 0 Å². The molecule has 6 aromatic rings. The van der Waals surface area contributed by atoms with Crippen LogP contribution in [0.3, 0.4) is 0 Å². The van der Waals surface area contributed by atoms with Gasteiger partial charge in [0.05, 0.1) is 0 Å². The summed E-state index contributed by atoms with van der Waals surface area (Å²) in [5, 5.41) is 5.81. The fourth-order valence-corrected chi connectivity index (χ4v) is 18.9. The predicted octanol–water partition coefficient (Wildman–Crippen LogP) is 9.34. The van der Waals surface area contributed by atoms with Crippen LogP contribution >= 0.6 is 47.1 Å². The van der Waals surface area contributed by atoms with Gasteiger partial charge in [-0.2, -0.15) is 0 Å². The molecule has 0 amide bonds. The maximum atomic E-state index is 4.35. The van der Waals surface area contributed by atoms with Gasteiger partial charge in [0.25, 0.3) is 0 Å². The van der Waals surface area contributed by atoms with Gasteiger partial charge in [0, 0.05) is 0 Å². The summed E-state index contributed by atoms with van der Waals surface area (Å²) in [5.41, 5.74) is 0. The van der Waals surface area contributed by atoms with Gasteiger partial charge in [0.1, 0.15) is 0 Å². The molecule has 0 aliphatic rings. The van der Waals surface area contributed by atoms with Crippen molar-refractivity contribution < 1.29 is 0 Å². The zero-order valence-electron chi connectivity index (χ0n) is 24.7. The first kappa shape index (κ1) is 31.8. The van der Waals surface area contributed by atoms with Crippen LogP contribution in [0.1, 0.15) is 6.92 Å². The standard InChI is InChI=1S/C20H20BrP.C19H18IP/c1-2-22(21,18-12-6-3-7-13-18,19-14-8-4-9-15-19)20-16-10-5-11-17-20;1-21(20,17-11-5-2-6-12-17,18-13-7-3-8-14-18)19-15-9-4-10-16-19/h3-17H,2H2,1H3;2-16H,1H3. The predicted molar refractivity (Wildman–Crippen MR) is 210 cm³/mol. The topological polar surface area (TPSA) is 0 Å². The normalized spacial score (nSPS) is 13.3. The van der Waals surface area contributed by atoms with Crippen molar-refractivity contribution in [3.8, 4) is 0 Å². The molecule has 218 valence electrons. The molecule has 0 radical (unpaired) electrons. The van der Waals surface area contributed by atoms with E-state index in [1.54, 1.807) is 0 Å². The maximum absolute atomic E-state index is 4.35. The fraction of sp³-hybridized carbons (Fsp3) is 0.0769. The monoisotopic (exact) mass is 774 g/mol. The molecule has 6 rings (SSSR count). The van der Waals surface area contributed by atoms with Crippen LogP contribution in [-0.4, -0.2) is 12.8 Å². The quantitative estimate of drug-likeness (QED) is 0.112. The van der Waals surface area contributed by atoms with E-state index in [2.05, 4.69) is 233 Å². The Hall–Kier alpha value is -2.61. The molecule has 0 fully saturated rings. The van der Waals surface area contributed by atoms with Crippen molar-refractivity contribution in [1.29, 1.82) is 0 Å². The van der Waals surface area contributed by atoms with E-state index in [0.29, 0.717) is 0 Å². The molecular weight excluding hydrogens is 737 g/mol. The second-order valence-electron chi connectivity index (χ2n) is 10.9. The van der Waals surface area contributed by atoms with E-state index in [-0.39, 0.29) is 0 Å². The van der Waals surface area contributed by atoms with E-state index in [1.807, 2.05) is 0 Å². The number of benzene rings is 6. The Bertz CT molecular complexity index is 1530. The summed E-state index contributed by atoms with van der Waals surface area (Å²) in [7, 11) is 0. The molecule has 0 saturated heterocycles. The molecule has 0 unspecified atom stereocenters. The Morgan fingerprint density at radius 2 is 0.581 bits per heavy atom. The van der Waals surface area contributed by atoms with Crippen LogP contribution in [0.2, 0.25) is 0 Å². The summed E-state index contributed by atoms with van der Waals surface area (Å²) in [4.78, 5) is 0. The number of rotatable bonds is 7. The number of hydrogen-bond donors (Lipinski definition) is 0. The van der Waals surface area contributed by atoms with Crippen molar-refractivity contribution in [2.75, 3.05) is 12.8 Å². The van der Waals surface area contributed by atoms with E-state index < -0.39 is 9.55 Å². The van der Waals surface area contributed by atoms with Crippen LogP contribution in [0.5, 0.6) is 0 Å². The molecule has 0 saturated carbocycles. The Kier molecular flexibility index (Phi) is 9.74. The summed E-state index contributed by atoms with van der Waals surface area (Å²) >= 11 is 7.08. The third-order valence-corrected chi connectivity index (χ3v) is 28.7. The third kappa shape index (κ3) is 5.81. The zero-order chi connectivity index (χ0) is 30.3. The van der Waals surface area contributed by atoms with Crippen LogP contribution in [0.15, 0.2) is 182 Å². The van der Waals surface area contributed by atoms with Crippen LogP contribution < -0.4 is 31.8 Å². The molecule has 0 bridgehead atoms. The van der Waals surface area contributed by atoms with Crippen molar-refractivity contribution in [2.45, 2.75) is 6.92 Å². The average Bonchev–Trinajstić information content (AvgIpc) is 3.11. The first-order chi connectivity index (χ1) is 20.8. The van der Waals surface area contributed by atoms with E-state index >= 15 is 0 Å². The Balaban J connectivity index is 0.000000171. The Morgan fingerprint density at radius 3 is 0.767 bits per heavy atom. The molecule has 0 aromatic heterocycles.